The van der Waals surface area contributed by atoms with E-state index in [2.05, 4.69) is 5.32 Å². The Morgan fingerprint density at radius 2 is 1.59 bits per heavy atom. The normalized spacial score (nSPS) is 12.3. The lowest BCUT2D eigenvalue weighted by Gasteiger charge is -2.19. The highest BCUT2D eigenvalue weighted by Gasteiger charge is 2.23. The fourth-order valence-electron chi connectivity index (χ4n) is 2.43. The van der Waals surface area contributed by atoms with Gasteiger partial charge in [0.25, 0.3) is 15.9 Å². The summed E-state index contributed by atoms with van der Waals surface area (Å²) in [4.78, 5) is 24.2. The molecule has 0 radical (unpaired) electrons. The van der Waals surface area contributed by atoms with Crippen molar-refractivity contribution in [3.63, 3.8) is 0 Å². The van der Waals surface area contributed by atoms with Crippen molar-refractivity contribution in [2.75, 3.05) is 17.9 Å². The van der Waals surface area contributed by atoms with Crippen molar-refractivity contribution in [2.45, 2.75) is 31.8 Å². The van der Waals surface area contributed by atoms with Gasteiger partial charge in [0.05, 0.1) is 16.1 Å². The van der Waals surface area contributed by atoms with E-state index in [4.69, 9.17) is 4.74 Å². The maximum atomic E-state index is 12.8. The maximum absolute atomic E-state index is 12.8. The number of carbonyl (C=O) groups is 2. The third kappa shape index (κ3) is 5.80. The van der Waals surface area contributed by atoms with Gasteiger partial charge in [-0.25, -0.2) is 13.2 Å². The molecule has 29 heavy (non-hydrogen) atoms. The first-order chi connectivity index (χ1) is 13.6. The number of para-hydroxylation sites is 1. The van der Waals surface area contributed by atoms with Gasteiger partial charge in [-0.3, -0.25) is 9.10 Å². The van der Waals surface area contributed by atoms with Crippen LogP contribution in [0.2, 0.25) is 0 Å². The summed E-state index contributed by atoms with van der Waals surface area (Å²) in [6, 6.07) is 14.1. The molecule has 2 aromatic carbocycles. The molecule has 0 bridgehead atoms. The zero-order chi connectivity index (χ0) is 21.6. The van der Waals surface area contributed by atoms with Crippen LogP contribution in [-0.2, 0) is 19.6 Å². The van der Waals surface area contributed by atoms with Crippen LogP contribution in [-0.4, -0.2) is 40.0 Å². The number of nitrogens with zero attached hydrogens (tertiary/aromatic N) is 1. The molecule has 0 unspecified atom stereocenters. The first-order valence-corrected chi connectivity index (χ1v) is 10.7. The number of ether oxygens (including phenoxy) is 1. The van der Waals surface area contributed by atoms with E-state index in [1.54, 1.807) is 30.3 Å². The first kappa shape index (κ1) is 22.4. The summed E-state index contributed by atoms with van der Waals surface area (Å²) in [5, 5.41) is 2.69. The van der Waals surface area contributed by atoms with Gasteiger partial charge in [0.1, 0.15) is 0 Å². The van der Waals surface area contributed by atoms with Crippen molar-refractivity contribution in [3.8, 4) is 0 Å². The van der Waals surface area contributed by atoms with E-state index in [0.29, 0.717) is 12.2 Å². The average molecular weight is 419 g/mol. The number of hydrogen-bond acceptors (Lipinski definition) is 5. The second-order valence-electron chi connectivity index (χ2n) is 7.02. The van der Waals surface area contributed by atoms with Gasteiger partial charge in [-0.05, 0) is 49.2 Å². The van der Waals surface area contributed by atoms with Crippen LogP contribution in [0.3, 0.4) is 0 Å². The van der Waals surface area contributed by atoms with E-state index in [1.165, 1.54) is 42.5 Å². The second-order valence-corrected chi connectivity index (χ2v) is 8.99. The quantitative estimate of drug-likeness (QED) is 0.666. The van der Waals surface area contributed by atoms with E-state index in [0.717, 1.165) is 0 Å². The molecular weight excluding hydrogens is 392 g/mol. The zero-order valence-electron chi connectivity index (χ0n) is 17.0. The van der Waals surface area contributed by atoms with E-state index in [-0.39, 0.29) is 22.3 Å². The SMILES string of the molecule is CC(C)CNC(=O)[C@H](C)OC(=O)c1ccc(S(=O)(=O)N(C)c2ccccc2)cc1. The highest BCUT2D eigenvalue weighted by atomic mass is 32.2. The number of hydrogen-bond donors (Lipinski definition) is 1. The van der Waals surface area contributed by atoms with Gasteiger partial charge < -0.3 is 10.1 Å². The van der Waals surface area contributed by atoms with E-state index >= 15 is 0 Å². The van der Waals surface area contributed by atoms with Crippen molar-refractivity contribution in [3.05, 3.63) is 60.2 Å². The molecular formula is C21H26N2O5S. The van der Waals surface area contributed by atoms with Crippen LogP contribution in [0.4, 0.5) is 5.69 Å². The Bertz CT molecular complexity index is 941. The maximum Gasteiger partial charge on any atom is 0.338 e. The number of rotatable bonds is 8. The largest absolute Gasteiger partial charge is 0.449 e. The minimum atomic E-state index is -3.77. The molecule has 1 amide bonds. The summed E-state index contributed by atoms with van der Waals surface area (Å²) in [7, 11) is -2.31. The third-order valence-electron chi connectivity index (χ3n) is 4.21. The summed E-state index contributed by atoms with van der Waals surface area (Å²) >= 11 is 0. The Labute approximate surface area is 171 Å². The fourth-order valence-corrected chi connectivity index (χ4v) is 3.62. The van der Waals surface area contributed by atoms with Gasteiger partial charge in [-0.15, -0.1) is 0 Å². The van der Waals surface area contributed by atoms with Gasteiger partial charge in [-0.2, -0.15) is 0 Å². The molecule has 7 nitrogen and oxygen atoms in total. The number of anilines is 1. The van der Waals surface area contributed by atoms with E-state index < -0.39 is 22.1 Å². The molecule has 0 saturated carbocycles. The molecule has 156 valence electrons. The topological polar surface area (TPSA) is 92.8 Å². The highest BCUT2D eigenvalue weighted by molar-refractivity contribution is 7.92. The molecule has 0 aromatic heterocycles. The summed E-state index contributed by atoms with van der Waals surface area (Å²) in [5.41, 5.74) is 0.687. The molecule has 0 aliphatic heterocycles. The van der Waals surface area contributed by atoms with E-state index in [1.807, 2.05) is 13.8 Å². The average Bonchev–Trinajstić information content (AvgIpc) is 2.71. The van der Waals surface area contributed by atoms with Crippen molar-refractivity contribution in [1.29, 1.82) is 0 Å². The van der Waals surface area contributed by atoms with Crippen molar-refractivity contribution in [2.24, 2.45) is 5.92 Å². The monoisotopic (exact) mass is 418 g/mol. The van der Waals surface area contributed by atoms with Gasteiger partial charge in [0, 0.05) is 13.6 Å². The minimum Gasteiger partial charge on any atom is -0.449 e. The van der Waals surface area contributed by atoms with Crippen LogP contribution in [0.1, 0.15) is 31.1 Å². The van der Waals surface area contributed by atoms with Crippen LogP contribution in [0.5, 0.6) is 0 Å². The smallest absolute Gasteiger partial charge is 0.338 e. The molecule has 8 heteroatoms. The van der Waals surface area contributed by atoms with Crippen molar-refractivity contribution in [1.82, 2.24) is 5.32 Å². The number of amides is 1. The third-order valence-corrected chi connectivity index (χ3v) is 6.01. The molecule has 0 aliphatic carbocycles. The van der Waals surface area contributed by atoms with Crippen LogP contribution < -0.4 is 9.62 Å². The predicted molar refractivity (Wildman–Crippen MR) is 111 cm³/mol. The lowest BCUT2D eigenvalue weighted by atomic mass is 10.2. The lowest BCUT2D eigenvalue weighted by molar-refractivity contribution is -0.129. The zero-order valence-corrected chi connectivity index (χ0v) is 17.8. The van der Waals surface area contributed by atoms with Gasteiger partial charge in [0.2, 0.25) is 0 Å². The first-order valence-electron chi connectivity index (χ1n) is 9.25. The minimum absolute atomic E-state index is 0.0446. The molecule has 0 spiro atoms. The fraction of sp³-hybridized carbons (Fsp3) is 0.333. The molecule has 1 atom stereocenters. The number of nitrogens with one attached hydrogen (secondary N) is 1. The Morgan fingerprint density at radius 1 is 1.00 bits per heavy atom. The predicted octanol–water partition coefficient (Wildman–Crippen LogP) is 2.83. The summed E-state index contributed by atoms with van der Waals surface area (Å²) in [5.74, 6) is -0.793. The Morgan fingerprint density at radius 3 is 2.14 bits per heavy atom. The lowest BCUT2D eigenvalue weighted by Crippen LogP contribution is -2.37. The Kier molecular flexibility index (Phi) is 7.39. The van der Waals surface area contributed by atoms with E-state index in [9.17, 15) is 18.0 Å². The summed E-state index contributed by atoms with van der Waals surface area (Å²) in [6.07, 6.45) is -0.950. The molecule has 0 heterocycles. The number of carbonyl (C=O) groups excluding carboxylic acids is 2. The van der Waals surface area contributed by atoms with Gasteiger partial charge in [0.15, 0.2) is 6.10 Å². The number of esters is 1. The number of sulfonamides is 1. The van der Waals surface area contributed by atoms with Gasteiger partial charge in [-0.1, -0.05) is 32.0 Å². The van der Waals surface area contributed by atoms with Gasteiger partial charge >= 0.3 is 5.97 Å². The van der Waals surface area contributed by atoms with Crippen LogP contribution in [0.15, 0.2) is 59.5 Å². The highest BCUT2D eigenvalue weighted by Crippen LogP contribution is 2.22. The molecule has 2 rings (SSSR count). The molecule has 1 N–H and O–H groups in total. The second kappa shape index (κ2) is 9.56. The van der Waals surface area contributed by atoms with Crippen molar-refractivity contribution < 1.29 is 22.7 Å². The summed E-state index contributed by atoms with van der Waals surface area (Å²) < 4.78 is 31.9. The van der Waals surface area contributed by atoms with Crippen LogP contribution in [0, 0.1) is 5.92 Å². The molecule has 0 aliphatic rings. The van der Waals surface area contributed by atoms with Crippen LogP contribution in [0.25, 0.3) is 0 Å². The number of benzene rings is 2. The van der Waals surface area contributed by atoms with Crippen molar-refractivity contribution >= 4 is 27.6 Å². The molecule has 0 saturated heterocycles. The molecule has 0 fully saturated rings. The Hall–Kier alpha value is -2.87. The Balaban J connectivity index is 2.07. The summed E-state index contributed by atoms with van der Waals surface area (Å²) in [6.45, 7) is 5.90. The molecule has 2 aromatic rings. The van der Waals surface area contributed by atoms with Crippen LogP contribution >= 0.6 is 0 Å². The standard InChI is InChI=1S/C21H26N2O5S/c1-15(2)14-22-20(24)16(3)28-21(25)17-10-12-19(13-11-17)29(26,27)23(4)18-8-6-5-7-9-18/h5-13,15-16H,14H2,1-4H3,(H,22,24)/t16-/m0/s1.